The lowest BCUT2D eigenvalue weighted by Gasteiger charge is -2.14. The number of rotatable bonds is 6. The number of amides is 1. The Morgan fingerprint density at radius 1 is 1.50 bits per heavy atom. The van der Waals surface area contributed by atoms with Crippen molar-refractivity contribution in [1.82, 2.24) is 0 Å². The Hall–Kier alpha value is -1.30. The summed E-state index contributed by atoms with van der Waals surface area (Å²) in [5, 5.41) is 3.09. The van der Waals surface area contributed by atoms with Gasteiger partial charge in [-0.1, -0.05) is 17.7 Å². The van der Waals surface area contributed by atoms with E-state index in [1.54, 1.807) is 32.2 Å². The standard InChI is InChI=1S/C12H17ClN2O3/c1-8(14)12(16)15-10-5-3-4-9(13)11(10)18-7-6-17-2/h3-5,8H,6-7,14H2,1-2H3,(H,15,16)/t8-/m0/s1. The van der Waals surface area contributed by atoms with Crippen LogP contribution in [-0.2, 0) is 9.53 Å². The van der Waals surface area contributed by atoms with Crippen LogP contribution in [0.2, 0.25) is 5.02 Å². The molecule has 0 heterocycles. The van der Waals surface area contributed by atoms with Gasteiger partial charge in [0, 0.05) is 7.11 Å². The first-order valence-corrected chi connectivity index (χ1v) is 5.90. The highest BCUT2D eigenvalue weighted by Gasteiger charge is 2.13. The largest absolute Gasteiger partial charge is 0.487 e. The van der Waals surface area contributed by atoms with Gasteiger partial charge in [-0.25, -0.2) is 0 Å². The number of anilines is 1. The van der Waals surface area contributed by atoms with Crippen LogP contribution < -0.4 is 15.8 Å². The van der Waals surface area contributed by atoms with Crippen LogP contribution in [-0.4, -0.2) is 32.3 Å². The van der Waals surface area contributed by atoms with E-state index < -0.39 is 6.04 Å². The van der Waals surface area contributed by atoms with Crippen LogP contribution in [0.4, 0.5) is 5.69 Å². The summed E-state index contributed by atoms with van der Waals surface area (Å²) in [6.45, 7) is 2.39. The molecule has 0 aliphatic rings. The van der Waals surface area contributed by atoms with Crippen molar-refractivity contribution in [2.45, 2.75) is 13.0 Å². The van der Waals surface area contributed by atoms with Gasteiger partial charge in [0.05, 0.1) is 23.4 Å². The molecule has 1 aromatic carbocycles. The zero-order valence-corrected chi connectivity index (χ0v) is 11.2. The Morgan fingerprint density at radius 3 is 2.83 bits per heavy atom. The molecule has 0 spiro atoms. The molecule has 3 N–H and O–H groups in total. The maximum Gasteiger partial charge on any atom is 0.241 e. The fourth-order valence-electron chi connectivity index (χ4n) is 1.23. The van der Waals surface area contributed by atoms with Crippen molar-refractivity contribution < 1.29 is 14.3 Å². The molecule has 0 aliphatic heterocycles. The van der Waals surface area contributed by atoms with Crippen LogP contribution in [0, 0.1) is 0 Å². The van der Waals surface area contributed by atoms with Crippen LogP contribution in [0.5, 0.6) is 5.75 Å². The van der Waals surface area contributed by atoms with Gasteiger partial charge in [-0.2, -0.15) is 0 Å². The Labute approximate surface area is 111 Å². The minimum absolute atomic E-state index is 0.297. The minimum Gasteiger partial charge on any atom is -0.487 e. The molecule has 0 saturated carbocycles. The van der Waals surface area contributed by atoms with E-state index in [0.717, 1.165) is 0 Å². The summed E-state index contributed by atoms with van der Waals surface area (Å²) in [6.07, 6.45) is 0. The number of ether oxygens (including phenoxy) is 2. The number of benzene rings is 1. The van der Waals surface area contributed by atoms with Gasteiger partial charge in [-0.3, -0.25) is 4.79 Å². The van der Waals surface area contributed by atoms with Gasteiger partial charge >= 0.3 is 0 Å². The molecule has 1 aromatic rings. The van der Waals surface area contributed by atoms with E-state index in [2.05, 4.69) is 5.32 Å². The average molecular weight is 273 g/mol. The molecule has 1 atom stereocenters. The maximum absolute atomic E-state index is 11.5. The first-order valence-electron chi connectivity index (χ1n) is 5.53. The quantitative estimate of drug-likeness (QED) is 0.773. The molecule has 0 aromatic heterocycles. The number of carbonyl (C=O) groups is 1. The van der Waals surface area contributed by atoms with Gasteiger partial charge in [-0.05, 0) is 19.1 Å². The third kappa shape index (κ3) is 4.18. The molecule has 1 amide bonds. The molecule has 0 aliphatic carbocycles. The molecule has 18 heavy (non-hydrogen) atoms. The summed E-state index contributed by atoms with van der Waals surface area (Å²) in [7, 11) is 1.58. The van der Waals surface area contributed by atoms with Crippen molar-refractivity contribution in [2.75, 3.05) is 25.6 Å². The SMILES string of the molecule is COCCOc1c(Cl)cccc1NC(=O)[C@H](C)N. The van der Waals surface area contributed by atoms with Crippen molar-refractivity contribution >= 4 is 23.2 Å². The number of nitrogens with two attached hydrogens (primary N) is 1. The first-order chi connectivity index (χ1) is 8.56. The van der Waals surface area contributed by atoms with Crippen LogP contribution in [0.1, 0.15) is 6.92 Å². The summed E-state index contributed by atoms with van der Waals surface area (Å²) in [6, 6.07) is 4.51. The van der Waals surface area contributed by atoms with Gasteiger partial charge in [0.15, 0.2) is 5.75 Å². The lowest BCUT2D eigenvalue weighted by Crippen LogP contribution is -2.32. The minimum atomic E-state index is -0.601. The van der Waals surface area contributed by atoms with E-state index in [4.69, 9.17) is 26.8 Å². The molecule has 100 valence electrons. The number of nitrogens with one attached hydrogen (secondary N) is 1. The van der Waals surface area contributed by atoms with Crippen molar-refractivity contribution in [3.63, 3.8) is 0 Å². The average Bonchev–Trinajstić information content (AvgIpc) is 2.32. The van der Waals surface area contributed by atoms with E-state index in [0.29, 0.717) is 29.7 Å². The number of carbonyl (C=O) groups excluding carboxylic acids is 1. The van der Waals surface area contributed by atoms with E-state index >= 15 is 0 Å². The number of para-hydroxylation sites is 1. The Balaban J connectivity index is 2.82. The predicted octanol–water partition coefficient (Wildman–Crippen LogP) is 1.65. The van der Waals surface area contributed by atoms with E-state index in [9.17, 15) is 4.79 Å². The van der Waals surface area contributed by atoms with Crippen LogP contribution >= 0.6 is 11.6 Å². The van der Waals surface area contributed by atoms with Crippen LogP contribution in [0.3, 0.4) is 0 Å². The summed E-state index contributed by atoms with van der Waals surface area (Å²) in [5.41, 5.74) is 5.99. The highest BCUT2D eigenvalue weighted by Crippen LogP contribution is 2.32. The number of halogens is 1. The smallest absolute Gasteiger partial charge is 0.241 e. The summed E-state index contributed by atoms with van der Waals surface area (Å²) in [5.74, 6) is 0.124. The normalized spacial score (nSPS) is 12.0. The van der Waals surface area contributed by atoms with E-state index in [1.165, 1.54) is 0 Å². The van der Waals surface area contributed by atoms with Gasteiger partial charge < -0.3 is 20.5 Å². The summed E-state index contributed by atoms with van der Waals surface area (Å²) < 4.78 is 10.4. The predicted molar refractivity (Wildman–Crippen MR) is 71.1 cm³/mol. The van der Waals surface area contributed by atoms with Gasteiger partial charge in [0.25, 0.3) is 0 Å². The monoisotopic (exact) mass is 272 g/mol. The van der Waals surface area contributed by atoms with Gasteiger partial charge in [0.1, 0.15) is 6.61 Å². The van der Waals surface area contributed by atoms with Crippen molar-refractivity contribution in [3.8, 4) is 5.75 Å². The molecule has 0 fully saturated rings. The highest BCUT2D eigenvalue weighted by molar-refractivity contribution is 6.32. The second-order valence-electron chi connectivity index (χ2n) is 3.74. The third-order valence-electron chi connectivity index (χ3n) is 2.17. The second-order valence-corrected chi connectivity index (χ2v) is 4.14. The molecule has 0 radical (unpaired) electrons. The molecular formula is C12H17ClN2O3. The summed E-state index contributed by atoms with van der Waals surface area (Å²) >= 11 is 6.02. The molecule has 5 nitrogen and oxygen atoms in total. The van der Waals surface area contributed by atoms with Crippen molar-refractivity contribution in [2.24, 2.45) is 5.73 Å². The molecule has 0 unspecified atom stereocenters. The zero-order chi connectivity index (χ0) is 13.5. The molecule has 0 bridgehead atoms. The fourth-order valence-corrected chi connectivity index (χ4v) is 1.46. The van der Waals surface area contributed by atoms with Crippen LogP contribution in [0.25, 0.3) is 0 Å². The lowest BCUT2D eigenvalue weighted by atomic mass is 10.2. The zero-order valence-electron chi connectivity index (χ0n) is 10.4. The third-order valence-corrected chi connectivity index (χ3v) is 2.47. The molecule has 6 heteroatoms. The van der Waals surface area contributed by atoms with Crippen molar-refractivity contribution in [1.29, 1.82) is 0 Å². The first kappa shape index (κ1) is 14.8. The molecule has 1 rings (SSSR count). The van der Waals surface area contributed by atoms with Crippen molar-refractivity contribution in [3.05, 3.63) is 23.2 Å². The Bertz CT molecular complexity index is 410. The topological polar surface area (TPSA) is 73.6 Å². The highest BCUT2D eigenvalue weighted by atomic mass is 35.5. The lowest BCUT2D eigenvalue weighted by molar-refractivity contribution is -0.117. The maximum atomic E-state index is 11.5. The second kappa shape index (κ2) is 7.20. The fraction of sp³-hybridized carbons (Fsp3) is 0.417. The molecule has 0 saturated heterocycles. The van der Waals surface area contributed by atoms with E-state index in [-0.39, 0.29) is 5.91 Å². The van der Waals surface area contributed by atoms with Gasteiger partial charge in [-0.15, -0.1) is 0 Å². The van der Waals surface area contributed by atoms with E-state index in [1.807, 2.05) is 0 Å². The molecular weight excluding hydrogens is 256 g/mol. The number of methoxy groups -OCH3 is 1. The number of hydrogen-bond donors (Lipinski definition) is 2. The van der Waals surface area contributed by atoms with Gasteiger partial charge in [0.2, 0.25) is 5.91 Å². The number of hydrogen-bond acceptors (Lipinski definition) is 4. The Morgan fingerprint density at radius 2 is 2.22 bits per heavy atom. The summed E-state index contributed by atoms with van der Waals surface area (Å²) in [4.78, 5) is 11.5. The Kier molecular flexibility index (Phi) is 5.91. The van der Waals surface area contributed by atoms with Crippen LogP contribution in [0.15, 0.2) is 18.2 Å².